The first kappa shape index (κ1) is 12.9. The highest BCUT2D eigenvalue weighted by Gasteiger charge is 2.15. The van der Waals surface area contributed by atoms with Crippen molar-refractivity contribution >= 4 is 32.5 Å². The zero-order valence-corrected chi connectivity index (χ0v) is 12.3. The summed E-state index contributed by atoms with van der Waals surface area (Å²) in [6, 6.07) is 13.0. The fourth-order valence-corrected chi connectivity index (χ4v) is 2.52. The van der Waals surface area contributed by atoms with E-state index in [-0.39, 0.29) is 5.78 Å². The van der Waals surface area contributed by atoms with Gasteiger partial charge in [0.05, 0.1) is 18.9 Å². The number of methoxy groups -OCH3 is 1. The smallest absolute Gasteiger partial charge is 0.197 e. The molecule has 0 atom stereocenters. The van der Waals surface area contributed by atoms with Gasteiger partial charge in [-0.3, -0.25) is 4.79 Å². The van der Waals surface area contributed by atoms with Crippen molar-refractivity contribution in [2.45, 2.75) is 0 Å². The molecule has 0 fully saturated rings. The minimum atomic E-state index is -0.0663. The summed E-state index contributed by atoms with van der Waals surface area (Å²) in [6.07, 6.45) is 1.49. The van der Waals surface area contributed by atoms with Crippen molar-refractivity contribution in [2.75, 3.05) is 7.11 Å². The van der Waals surface area contributed by atoms with E-state index >= 15 is 0 Å². The summed E-state index contributed by atoms with van der Waals surface area (Å²) in [6.45, 7) is 0. The van der Waals surface area contributed by atoms with E-state index < -0.39 is 0 Å². The summed E-state index contributed by atoms with van der Waals surface area (Å²) in [4.78, 5) is 12.4. The van der Waals surface area contributed by atoms with Crippen molar-refractivity contribution in [1.82, 2.24) is 0 Å². The van der Waals surface area contributed by atoms with Crippen molar-refractivity contribution in [1.29, 1.82) is 0 Å². The lowest BCUT2D eigenvalue weighted by atomic mass is 10.0. The van der Waals surface area contributed by atoms with Gasteiger partial charge in [0, 0.05) is 5.56 Å². The zero-order valence-electron chi connectivity index (χ0n) is 10.7. The summed E-state index contributed by atoms with van der Waals surface area (Å²) < 4.78 is 10.7. The number of benzene rings is 2. The minimum absolute atomic E-state index is 0.0663. The largest absolute Gasteiger partial charge is 0.497 e. The first-order chi connectivity index (χ1) is 9.69. The Morgan fingerprint density at radius 1 is 1.10 bits per heavy atom. The molecule has 0 saturated carbocycles. The van der Waals surface area contributed by atoms with Crippen LogP contribution in [0, 0.1) is 0 Å². The molecule has 0 aliphatic heterocycles. The van der Waals surface area contributed by atoms with E-state index in [1.165, 1.54) is 6.26 Å². The van der Waals surface area contributed by atoms with Gasteiger partial charge in [0.15, 0.2) is 10.5 Å². The maximum Gasteiger partial charge on any atom is 0.197 e. The predicted molar refractivity (Wildman–Crippen MR) is 80.3 cm³/mol. The van der Waals surface area contributed by atoms with Crippen LogP contribution in [0.2, 0.25) is 0 Å². The summed E-state index contributed by atoms with van der Waals surface area (Å²) in [5.41, 5.74) is 1.16. The summed E-state index contributed by atoms with van der Waals surface area (Å²) in [7, 11) is 1.63. The molecule has 0 saturated heterocycles. The van der Waals surface area contributed by atoms with Gasteiger partial charge in [-0.05, 0) is 51.0 Å². The van der Waals surface area contributed by atoms with E-state index in [0.29, 0.717) is 15.8 Å². The van der Waals surface area contributed by atoms with Crippen molar-refractivity contribution in [3.05, 3.63) is 64.5 Å². The molecule has 0 aliphatic carbocycles. The first-order valence-electron chi connectivity index (χ1n) is 6.04. The van der Waals surface area contributed by atoms with Gasteiger partial charge < -0.3 is 9.15 Å². The van der Waals surface area contributed by atoms with Crippen LogP contribution in [-0.2, 0) is 0 Å². The minimum Gasteiger partial charge on any atom is -0.497 e. The molecule has 100 valence electrons. The predicted octanol–water partition coefficient (Wildman–Crippen LogP) is 4.43. The molecule has 0 aliphatic rings. The van der Waals surface area contributed by atoms with Gasteiger partial charge in [-0.25, -0.2) is 0 Å². The second-order valence-corrected chi connectivity index (χ2v) is 5.09. The molecular weight excluding hydrogens is 320 g/mol. The van der Waals surface area contributed by atoms with E-state index in [1.807, 2.05) is 36.4 Å². The number of hydrogen-bond donors (Lipinski definition) is 0. The maximum absolute atomic E-state index is 12.4. The average molecular weight is 331 g/mol. The number of ether oxygens (including phenoxy) is 1. The summed E-state index contributed by atoms with van der Waals surface area (Å²) in [5.74, 6) is 0.734. The number of carbonyl (C=O) groups excluding carboxylic acids is 1. The standard InChI is InChI=1S/C16H11BrO3/c1-19-13-5-4-10-8-12(3-2-11(10)9-13)15(18)14-6-7-20-16(14)17/h2-9H,1H3. The lowest BCUT2D eigenvalue weighted by molar-refractivity contribution is 0.103. The van der Waals surface area contributed by atoms with Gasteiger partial charge in [0.1, 0.15) is 5.75 Å². The molecular formula is C16H11BrO3. The van der Waals surface area contributed by atoms with Crippen LogP contribution < -0.4 is 4.74 Å². The Morgan fingerprint density at radius 3 is 2.55 bits per heavy atom. The van der Waals surface area contributed by atoms with Crippen LogP contribution in [0.1, 0.15) is 15.9 Å². The van der Waals surface area contributed by atoms with Crippen molar-refractivity contribution in [3.63, 3.8) is 0 Å². The highest BCUT2D eigenvalue weighted by atomic mass is 79.9. The molecule has 0 bridgehead atoms. The Morgan fingerprint density at radius 2 is 1.85 bits per heavy atom. The second kappa shape index (κ2) is 5.13. The van der Waals surface area contributed by atoms with Gasteiger partial charge >= 0.3 is 0 Å². The Bertz CT molecular complexity index is 789. The first-order valence-corrected chi connectivity index (χ1v) is 6.84. The Balaban J connectivity index is 2.05. The van der Waals surface area contributed by atoms with Crippen LogP contribution in [-0.4, -0.2) is 12.9 Å². The number of hydrogen-bond acceptors (Lipinski definition) is 3. The highest BCUT2D eigenvalue weighted by molar-refractivity contribution is 9.10. The van der Waals surface area contributed by atoms with Gasteiger partial charge in [-0.1, -0.05) is 18.2 Å². The summed E-state index contributed by atoms with van der Waals surface area (Å²) >= 11 is 3.23. The van der Waals surface area contributed by atoms with Crippen LogP contribution in [0.25, 0.3) is 10.8 Å². The quantitative estimate of drug-likeness (QED) is 0.666. The van der Waals surface area contributed by atoms with E-state index in [2.05, 4.69) is 15.9 Å². The molecule has 0 radical (unpaired) electrons. The van der Waals surface area contributed by atoms with Gasteiger partial charge in [-0.15, -0.1) is 0 Å². The van der Waals surface area contributed by atoms with E-state index in [4.69, 9.17) is 9.15 Å². The molecule has 1 aromatic heterocycles. The fourth-order valence-electron chi connectivity index (χ4n) is 2.10. The number of ketones is 1. The molecule has 1 heterocycles. The summed E-state index contributed by atoms with van der Waals surface area (Å²) in [5, 5.41) is 2.03. The SMILES string of the molecule is COc1ccc2cc(C(=O)c3ccoc3Br)ccc2c1. The third kappa shape index (κ3) is 2.23. The number of carbonyl (C=O) groups is 1. The second-order valence-electron chi connectivity index (χ2n) is 4.36. The van der Waals surface area contributed by atoms with Gasteiger partial charge in [0.2, 0.25) is 0 Å². The third-order valence-electron chi connectivity index (χ3n) is 3.17. The Kier molecular flexibility index (Phi) is 3.32. The monoisotopic (exact) mass is 330 g/mol. The van der Waals surface area contributed by atoms with Crippen molar-refractivity contribution < 1.29 is 13.9 Å². The van der Waals surface area contributed by atoms with Gasteiger partial charge in [-0.2, -0.15) is 0 Å². The van der Waals surface area contributed by atoms with Crippen LogP contribution in [0.3, 0.4) is 0 Å². The van der Waals surface area contributed by atoms with E-state index in [0.717, 1.165) is 16.5 Å². The van der Waals surface area contributed by atoms with E-state index in [9.17, 15) is 4.79 Å². The molecule has 0 N–H and O–H groups in total. The third-order valence-corrected chi connectivity index (χ3v) is 3.79. The fraction of sp³-hybridized carbons (Fsp3) is 0.0625. The molecule has 4 heteroatoms. The van der Waals surface area contributed by atoms with E-state index in [1.54, 1.807) is 13.2 Å². The molecule has 3 rings (SSSR count). The topological polar surface area (TPSA) is 39.4 Å². The van der Waals surface area contributed by atoms with Crippen LogP contribution in [0.5, 0.6) is 5.75 Å². The molecule has 0 spiro atoms. The normalized spacial score (nSPS) is 10.7. The van der Waals surface area contributed by atoms with Crippen LogP contribution in [0.4, 0.5) is 0 Å². The maximum atomic E-state index is 12.4. The van der Waals surface area contributed by atoms with Crippen molar-refractivity contribution in [3.8, 4) is 5.75 Å². The lowest BCUT2D eigenvalue weighted by Crippen LogP contribution is -2.00. The van der Waals surface area contributed by atoms with Crippen molar-refractivity contribution in [2.24, 2.45) is 0 Å². The lowest BCUT2D eigenvalue weighted by Gasteiger charge is -2.05. The molecule has 3 nitrogen and oxygen atoms in total. The molecule has 0 amide bonds. The highest BCUT2D eigenvalue weighted by Crippen LogP contribution is 2.25. The van der Waals surface area contributed by atoms with Gasteiger partial charge in [0.25, 0.3) is 0 Å². The number of furan rings is 1. The van der Waals surface area contributed by atoms with Crippen LogP contribution in [0.15, 0.2) is 57.8 Å². The number of rotatable bonds is 3. The Labute approximate surface area is 124 Å². The Hall–Kier alpha value is -2.07. The molecule has 0 unspecified atom stereocenters. The van der Waals surface area contributed by atoms with Crippen LogP contribution >= 0.6 is 15.9 Å². The average Bonchev–Trinajstić information content (AvgIpc) is 2.91. The molecule has 2 aromatic carbocycles. The number of halogens is 1. The zero-order chi connectivity index (χ0) is 14.1. The molecule has 3 aromatic rings. The number of fused-ring (bicyclic) bond motifs is 1. The molecule has 20 heavy (non-hydrogen) atoms.